The van der Waals surface area contributed by atoms with Crippen molar-refractivity contribution in [3.63, 3.8) is 0 Å². The molecule has 4 rings (SSSR count). The molecule has 0 unspecified atom stereocenters. The fraction of sp³-hybridized carbons (Fsp3) is 0.304. The van der Waals surface area contributed by atoms with Crippen LogP contribution in [0.3, 0.4) is 0 Å². The van der Waals surface area contributed by atoms with Gasteiger partial charge in [-0.2, -0.15) is 0 Å². The number of para-hydroxylation sites is 1. The molecule has 7 heteroatoms. The highest BCUT2D eigenvalue weighted by molar-refractivity contribution is 7.80. The Morgan fingerprint density at radius 1 is 1.17 bits per heavy atom. The van der Waals surface area contributed by atoms with Gasteiger partial charge in [0.2, 0.25) is 0 Å². The molecule has 1 N–H and O–H groups in total. The molecule has 30 heavy (non-hydrogen) atoms. The summed E-state index contributed by atoms with van der Waals surface area (Å²) in [6.45, 7) is 5.54. The summed E-state index contributed by atoms with van der Waals surface area (Å²) in [4.78, 5) is 6.81. The molecule has 1 saturated heterocycles. The molecular formula is C23H25ClN4OS. The average Bonchev–Trinajstić information content (AvgIpc) is 3.23. The smallest absolute Gasteiger partial charge is 0.170 e. The van der Waals surface area contributed by atoms with Crippen LogP contribution < -0.4 is 5.32 Å². The van der Waals surface area contributed by atoms with Crippen molar-refractivity contribution in [1.82, 2.24) is 19.8 Å². The van der Waals surface area contributed by atoms with E-state index in [9.17, 15) is 0 Å². The highest BCUT2D eigenvalue weighted by Gasteiger charge is 2.41. The maximum Gasteiger partial charge on any atom is 0.170 e. The van der Waals surface area contributed by atoms with Crippen molar-refractivity contribution in [3.05, 3.63) is 82.4 Å². The standard InChI is InChI=1S/C23H25ClN4OS/c1-15-14-17(16(2)28(15)20-10-5-4-8-18(20)24)22-21(19-9-6-7-11-25-19)26-23(30)27(22)12-13-29-3/h4-11,14,21-22H,12-13H2,1-3H3,(H,26,30)/t21-,22+/m1/s1. The van der Waals surface area contributed by atoms with Crippen molar-refractivity contribution in [1.29, 1.82) is 0 Å². The lowest BCUT2D eigenvalue weighted by atomic mass is 9.97. The number of ether oxygens (including phenoxy) is 1. The number of halogens is 1. The predicted octanol–water partition coefficient (Wildman–Crippen LogP) is 4.76. The molecule has 0 amide bonds. The summed E-state index contributed by atoms with van der Waals surface area (Å²) in [6, 6.07) is 16.1. The van der Waals surface area contributed by atoms with E-state index in [1.165, 1.54) is 5.56 Å². The third-order valence-electron chi connectivity index (χ3n) is 5.62. The van der Waals surface area contributed by atoms with Crippen molar-refractivity contribution in [3.8, 4) is 5.69 Å². The van der Waals surface area contributed by atoms with E-state index >= 15 is 0 Å². The van der Waals surface area contributed by atoms with E-state index in [2.05, 4.69) is 39.7 Å². The lowest BCUT2D eigenvalue weighted by molar-refractivity contribution is 0.164. The van der Waals surface area contributed by atoms with Gasteiger partial charge in [-0.1, -0.05) is 29.8 Å². The van der Waals surface area contributed by atoms with E-state index in [1.54, 1.807) is 7.11 Å². The fourth-order valence-electron chi connectivity index (χ4n) is 4.27. The predicted molar refractivity (Wildman–Crippen MR) is 124 cm³/mol. The first-order valence-electron chi connectivity index (χ1n) is 9.93. The molecule has 2 atom stereocenters. The Morgan fingerprint density at radius 3 is 2.63 bits per heavy atom. The molecule has 1 aliphatic heterocycles. The van der Waals surface area contributed by atoms with Gasteiger partial charge in [-0.3, -0.25) is 4.98 Å². The quantitative estimate of drug-likeness (QED) is 0.559. The highest BCUT2D eigenvalue weighted by atomic mass is 35.5. The summed E-state index contributed by atoms with van der Waals surface area (Å²) in [5.41, 5.74) is 5.41. The third-order valence-corrected chi connectivity index (χ3v) is 6.29. The molecule has 0 saturated carbocycles. The third kappa shape index (κ3) is 3.71. The van der Waals surface area contributed by atoms with Gasteiger partial charge in [0.1, 0.15) is 0 Å². The first-order chi connectivity index (χ1) is 14.5. The molecule has 156 valence electrons. The lowest BCUT2D eigenvalue weighted by Gasteiger charge is -2.28. The van der Waals surface area contributed by atoms with E-state index in [0.29, 0.717) is 13.2 Å². The number of benzene rings is 1. The SMILES string of the molecule is COCCN1C(=S)N[C@H](c2ccccn2)[C@@H]1c1cc(C)n(-c2ccccc2Cl)c1C. The molecule has 1 aliphatic rings. The van der Waals surface area contributed by atoms with E-state index < -0.39 is 0 Å². The summed E-state index contributed by atoms with van der Waals surface area (Å²) < 4.78 is 7.57. The molecule has 3 aromatic rings. The summed E-state index contributed by atoms with van der Waals surface area (Å²) in [5.74, 6) is 0. The van der Waals surface area contributed by atoms with Gasteiger partial charge < -0.3 is 19.5 Å². The van der Waals surface area contributed by atoms with Gasteiger partial charge in [-0.05, 0) is 62.0 Å². The number of hydrogen-bond acceptors (Lipinski definition) is 3. The molecule has 5 nitrogen and oxygen atoms in total. The summed E-state index contributed by atoms with van der Waals surface area (Å²) in [5, 5.41) is 4.93. The number of pyridine rings is 1. The summed E-state index contributed by atoms with van der Waals surface area (Å²) in [6.07, 6.45) is 1.82. The van der Waals surface area contributed by atoms with E-state index in [1.807, 2.05) is 48.7 Å². The zero-order valence-electron chi connectivity index (χ0n) is 17.3. The molecule has 3 heterocycles. The van der Waals surface area contributed by atoms with Crippen molar-refractivity contribution in [2.45, 2.75) is 25.9 Å². The molecule has 0 bridgehead atoms. The Balaban J connectivity index is 1.83. The van der Waals surface area contributed by atoms with E-state index in [4.69, 9.17) is 28.6 Å². The Hall–Kier alpha value is -2.41. The van der Waals surface area contributed by atoms with Crippen LogP contribution in [0, 0.1) is 13.8 Å². The Morgan fingerprint density at radius 2 is 1.93 bits per heavy atom. The number of nitrogens with one attached hydrogen (secondary N) is 1. The minimum atomic E-state index is -0.0456. The van der Waals surface area contributed by atoms with Crippen LogP contribution in [-0.2, 0) is 4.74 Å². The van der Waals surface area contributed by atoms with Gasteiger partial charge in [0, 0.05) is 31.2 Å². The molecule has 0 spiro atoms. The average molecular weight is 441 g/mol. The number of hydrogen-bond donors (Lipinski definition) is 1. The van der Waals surface area contributed by atoms with E-state index in [-0.39, 0.29) is 12.1 Å². The molecule has 2 aromatic heterocycles. The number of aryl methyl sites for hydroxylation is 1. The van der Waals surface area contributed by atoms with Gasteiger partial charge >= 0.3 is 0 Å². The molecule has 0 radical (unpaired) electrons. The Bertz CT molecular complexity index is 1050. The van der Waals surface area contributed by atoms with Crippen molar-refractivity contribution in [2.24, 2.45) is 0 Å². The number of thiocarbonyl (C=S) groups is 1. The monoisotopic (exact) mass is 440 g/mol. The van der Waals surface area contributed by atoms with Gasteiger partial charge in [0.05, 0.1) is 35.1 Å². The van der Waals surface area contributed by atoms with Crippen molar-refractivity contribution in [2.75, 3.05) is 20.3 Å². The Labute approximate surface area is 187 Å². The number of aromatic nitrogens is 2. The van der Waals surface area contributed by atoms with Crippen molar-refractivity contribution >= 4 is 28.9 Å². The van der Waals surface area contributed by atoms with Crippen LogP contribution in [0.15, 0.2) is 54.7 Å². The second-order valence-corrected chi connectivity index (χ2v) is 8.22. The molecule has 1 fully saturated rings. The zero-order valence-corrected chi connectivity index (χ0v) is 18.9. The summed E-state index contributed by atoms with van der Waals surface area (Å²) >= 11 is 12.2. The number of nitrogens with zero attached hydrogens (tertiary/aromatic N) is 3. The van der Waals surface area contributed by atoms with Crippen LogP contribution in [0.5, 0.6) is 0 Å². The lowest BCUT2D eigenvalue weighted by Crippen LogP contribution is -2.32. The maximum absolute atomic E-state index is 6.53. The normalized spacial score (nSPS) is 18.7. The van der Waals surface area contributed by atoms with Gasteiger partial charge in [0.25, 0.3) is 0 Å². The van der Waals surface area contributed by atoms with Crippen molar-refractivity contribution < 1.29 is 4.74 Å². The van der Waals surface area contributed by atoms with Gasteiger partial charge in [-0.15, -0.1) is 0 Å². The second kappa shape index (κ2) is 8.76. The fourth-order valence-corrected chi connectivity index (χ4v) is 4.82. The minimum Gasteiger partial charge on any atom is -0.383 e. The molecule has 1 aromatic carbocycles. The first kappa shape index (κ1) is 20.8. The van der Waals surface area contributed by atoms with Crippen LogP contribution >= 0.6 is 23.8 Å². The number of methoxy groups -OCH3 is 1. The number of rotatable bonds is 6. The van der Waals surface area contributed by atoms with Crippen LogP contribution in [0.25, 0.3) is 5.69 Å². The van der Waals surface area contributed by atoms with Crippen LogP contribution in [-0.4, -0.2) is 39.8 Å². The van der Waals surface area contributed by atoms with Crippen LogP contribution in [0.2, 0.25) is 5.02 Å². The molecule has 0 aliphatic carbocycles. The zero-order chi connectivity index (χ0) is 21.3. The summed E-state index contributed by atoms with van der Waals surface area (Å²) in [7, 11) is 1.71. The van der Waals surface area contributed by atoms with Gasteiger partial charge in [-0.25, -0.2) is 0 Å². The topological polar surface area (TPSA) is 42.3 Å². The maximum atomic E-state index is 6.53. The first-order valence-corrected chi connectivity index (χ1v) is 10.7. The molecular weight excluding hydrogens is 416 g/mol. The minimum absolute atomic E-state index is 0.00462. The highest BCUT2D eigenvalue weighted by Crippen LogP contribution is 2.41. The second-order valence-electron chi connectivity index (χ2n) is 7.43. The van der Waals surface area contributed by atoms with E-state index in [0.717, 1.165) is 32.9 Å². The van der Waals surface area contributed by atoms with Crippen LogP contribution in [0.4, 0.5) is 0 Å². The van der Waals surface area contributed by atoms with Crippen LogP contribution in [0.1, 0.15) is 34.7 Å². The largest absolute Gasteiger partial charge is 0.383 e. The Kier molecular flexibility index (Phi) is 6.09. The van der Waals surface area contributed by atoms with Gasteiger partial charge in [0.15, 0.2) is 5.11 Å².